The van der Waals surface area contributed by atoms with Gasteiger partial charge in [0.15, 0.2) is 0 Å². The highest BCUT2D eigenvalue weighted by Gasteiger charge is 2.04. The third-order valence-corrected chi connectivity index (χ3v) is 1.90. The predicted octanol–water partition coefficient (Wildman–Crippen LogP) is 3.08. The van der Waals surface area contributed by atoms with E-state index in [9.17, 15) is 9.18 Å². The molecular weight excluding hydrogens is 251 g/mol. The van der Waals surface area contributed by atoms with Gasteiger partial charge >= 0.3 is 5.97 Å². The van der Waals surface area contributed by atoms with E-state index in [4.69, 9.17) is 4.74 Å². The fraction of sp³-hybridized carbons (Fsp3) is 0.100. The van der Waals surface area contributed by atoms with Gasteiger partial charge in [0.1, 0.15) is 11.6 Å². The molecule has 0 aliphatic heterocycles. The van der Waals surface area contributed by atoms with Gasteiger partial charge in [0, 0.05) is 17.5 Å². The van der Waals surface area contributed by atoms with Crippen molar-refractivity contribution in [1.29, 1.82) is 0 Å². The molecule has 4 heteroatoms. The summed E-state index contributed by atoms with van der Waals surface area (Å²) in [5.74, 6) is -0.386. The first kappa shape index (κ1) is 10.9. The molecule has 0 aliphatic carbocycles. The average Bonchev–Trinajstić information content (AvgIpc) is 2.15. The number of hydrogen-bond acceptors (Lipinski definition) is 2. The topological polar surface area (TPSA) is 26.3 Å². The van der Waals surface area contributed by atoms with Gasteiger partial charge in [-0.25, -0.2) is 4.39 Å². The molecule has 0 radical (unpaired) electrons. The van der Waals surface area contributed by atoms with Gasteiger partial charge < -0.3 is 4.74 Å². The van der Waals surface area contributed by atoms with Gasteiger partial charge in [0.2, 0.25) is 0 Å². The largest absolute Gasteiger partial charge is 0.426 e. The molecule has 74 valence electrons. The summed E-state index contributed by atoms with van der Waals surface area (Å²) in [5, 5.41) is 0. The maximum absolute atomic E-state index is 12.6. The van der Waals surface area contributed by atoms with E-state index in [1.54, 1.807) is 0 Å². The van der Waals surface area contributed by atoms with Gasteiger partial charge in [-0.1, -0.05) is 15.9 Å². The Hall–Kier alpha value is -1.16. The molecule has 0 N–H and O–H groups in total. The van der Waals surface area contributed by atoms with Crippen molar-refractivity contribution < 1.29 is 13.9 Å². The minimum absolute atomic E-state index is 0.328. The number of carbonyl (C=O) groups excluding carboxylic acids is 1. The molecule has 1 aromatic rings. The molecule has 0 fully saturated rings. The minimum Gasteiger partial charge on any atom is -0.426 e. The van der Waals surface area contributed by atoms with Crippen LogP contribution in [0.4, 0.5) is 4.39 Å². The van der Waals surface area contributed by atoms with E-state index < -0.39 is 5.97 Å². The number of halogens is 2. The molecule has 0 aliphatic rings. The number of ether oxygens (including phenoxy) is 1. The summed E-state index contributed by atoms with van der Waals surface area (Å²) >= 11 is 3.07. The van der Waals surface area contributed by atoms with Gasteiger partial charge in [-0.05, 0) is 24.3 Å². The number of carbonyl (C=O) groups is 1. The van der Waals surface area contributed by atoms with Crippen LogP contribution in [0.5, 0.6) is 0 Å². The highest BCUT2D eigenvalue weighted by atomic mass is 79.9. The summed E-state index contributed by atoms with van der Waals surface area (Å²) in [6.45, 7) is 1.31. The highest BCUT2D eigenvalue weighted by molar-refractivity contribution is 9.11. The zero-order chi connectivity index (χ0) is 10.6. The molecular formula is C10H8BrFO2. The highest BCUT2D eigenvalue weighted by Crippen LogP contribution is 2.18. The van der Waals surface area contributed by atoms with Gasteiger partial charge in [-0.15, -0.1) is 0 Å². The zero-order valence-electron chi connectivity index (χ0n) is 7.46. The van der Waals surface area contributed by atoms with Gasteiger partial charge in [-0.3, -0.25) is 4.79 Å². The SMILES string of the molecule is CC(=O)O/C(=C\Br)c1ccc(F)cc1. The summed E-state index contributed by atoms with van der Waals surface area (Å²) in [6.07, 6.45) is 0. The van der Waals surface area contributed by atoms with Crippen LogP contribution in [0.15, 0.2) is 29.3 Å². The van der Waals surface area contributed by atoms with Crippen molar-refractivity contribution >= 4 is 27.7 Å². The lowest BCUT2D eigenvalue weighted by molar-refractivity contribution is -0.134. The third kappa shape index (κ3) is 2.96. The monoisotopic (exact) mass is 258 g/mol. The van der Waals surface area contributed by atoms with E-state index in [2.05, 4.69) is 15.9 Å². The van der Waals surface area contributed by atoms with E-state index in [-0.39, 0.29) is 5.82 Å². The predicted molar refractivity (Wildman–Crippen MR) is 55.1 cm³/mol. The van der Waals surface area contributed by atoms with Crippen LogP contribution in [0.1, 0.15) is 12.5 Å². The molecule has 0 heterocycles. The molecule has 0 aromatic heterocycles. The Balaban J connectivity index is 2.91. The first-order chi connectivity index (χ1) is 6.63. The maximum Gasteiger partial charge on any atom is 0.308 e. The number of hydrogen-bond donors (Lipinski definition) is 0. The Morgan fingerprint density at radius 1 is 1.43 bits per heavy atom. The maximum atomic E-state index is 12.6. The molecule has 0 saturated carbocycles. The van der Waals surface area contributed by atoms with Crippen molar-refractivity contribution in [2.24, 2.45) is 0 Å². The lowest BCUT2D eigenvalue weighted by atomic mass is 10.2. The second-order valence-corrected chi connectivity index (χ2v) is 3.03. The quantitative estimate of drug-likeness (QED) is 0.602. The van der Waals surface area contributed by atoms with E-state index in [1.165, 1.54) is 36.2 Å². The number of rotatable bonds is 2. The van der Waals surface area contributed by atoms with Gasteiger partial charge in [0.25, 0.3) is 0 Å². The van der Waals surface area contributed by atoms with E-state index in [1.807, 2.05) is 0 Å². The second-order valence-electron chi connectivity index (χ2n) is 2.57. The summed E-state index contributed by atoms with van der Waals surface area (Å²) in [7, 11) is 0. The van der Waals surface area contributed by atoms with Crippen molar-refractivity contribution in [3.05, 3.63) is 40.6 Å². The van der Waals surface area contributed by atoms with Crippen LogP contribution in [0, 0.1) is 5.82 Å². The smallest absolute Gasteiger partial charge is 0.308 e. The molecule has 1 aromatic carbocycles. The lowest BCUT2D eigenvalue weighted by Crippen LogP contribution is -1.97. The number of benzene rings is 1. The standard InChI is InChI=1S/C10H8BrFO2/c1-7(13)14-10(6-11)8-2-4-9(12)5-3-8/h2-6H,1H3/b10-6-. The molecule has 0 atom stereocenters. The third-order valence-electron chi connectivity index (χ3n) is 1.48. The van der Waals surface area contributed by atoms with Gasteiger partial charge in [0.05, 0.1) is 0 Å². The Kier molecular flexibility index (Phi) is 3.83. The normalized spacial score (nSPS) is 11.2. The van der Waals surface area contributed by atoms with Crippen molar-refractivity contribution in [2.45, 2.75) is 6.92 Å². The average molecular weight is 259 g/mol. The fourth-order valence-corrected chi connectivity index (χ4v) is 1.27. The molecule has 14 heavy (non-hydrogen) atoms. The van der Waals surface area contributed by atoms with Crippen molar-refractivity contribution in [1.82, 2.24) is 0 Å². The molecule has 1 rings (SSSR count). The molecule has 0 bridgehead atoms. The van der Waals surface area contributed by atoms with Crippen LogP contribution in [-0.4, -0.2) is 5.97 Å². The molecule has 0 spiro atoms. The lowest BCUT2D eigenvalue weighted by Gasteiger charge is -2.05. The second kappa shape index (κ2) is 4.91. The molecule has 0 saturated heterocycles. The van der Waals surface area contributed by atoms with Gasteiger partial charge in [-0.2, -0.15) is 0 Å². The Bertz CT molecular complexity index is 357. The first-order valence-electron chi connectivity index (χ1n) is 3.88. The van der Waals surface area contributed by atoms with Crippen LogP contribution in [-0.2, 0) is 9.53 Å². The summed E-state index contributed by atoms with van der Waals surface area (Å²) < 4.78 is 17.5. The van der Waals surface area contributed by atoms with Crippen LogP contribution in [0.2, 0.25) is 0 Å². The zero-order valence-corrected chi connectivity index (χ0v) is 9.05. The van der Waals surface area contributed by atoms with E-state index in [0.29, 0.717) is 11.3 Å². The van der Waals surface area contributed by atoms with Crippen LogP contribution in [0.3, 0.4) is 0 Å². The summed E-state index contributed by atoms with van der Waals surface area (Å²) in [5.41, 5.74) is 0.637. The summed E-state index contributed by atoms with van der Waals surface area (Å²) in [6, 6.07) is 5.67. The first-order valence-corrected chi connectivity index (χ1v) is 4.80. The number of esters is 1. The molecule has 0 unspecified atom stereocenters. The Morgan fingerprint density at radius 2 is 2.00 bits per heavy atom. The Morgan fingerprint density at radius 3 is 2.43 bits per heavy atom. The summed E-state index contributed by atoms with van der Waals surface area (Å²) in [4.78, 5) is 12.2. The van der Waals surface area contributed by atoms with Crippen LogP contribution >= 0.6 is 15.9 Å². The van der Waals surface area contributed by atoms with Crippen molar-refractivity contribution in [3.8, 4) is 0 Å². The van der Waals surface area contributed by atoms with E-state index >= 15 is 0 Å². The fourth-order valence-electron chi connectivity index (χ4n) is 0.913. The minimum atomic E-state index is -0.417. The molecule has 2 nitrogen and oxygen atoms in total. The Labute approximate surface area is 89.5 Å². The van der Waals surface area contributed by atoms with Crippen LogP contribution in [0.25, 0.3) is 5.76 Å². The van der Waals surface area contributed by atoms with Crippen molar-refractivity contribution in [3.63, 3.8) is 0 Å². The molecule has 0 amide bonds. The van der Waals surface area contributed by atoms with E-state index in [0.717, 1.165) is 0 Å². The van der Waals surface area contributed by atoms with Crippen molar-refractivity contribution in [2.75, 3.05) is 0 Å². The van der Waals surface area contributed by atoms with Crippen LogP contribution < -0.4 is 0 Å².